The van der Waals surface area contributed by atoms with Crippen LogP contribution in [-0.4, -0.2) is 16.4 Å². The number of aliphatic hydroxyl groups is 2. The number of para-hydroxylation sites is 1. The summed E-state index contributed by atoms with van der Waals surface area (Å²) in [4.78, 5) is 0. The summed E-state index contributed by atoms with van der Waals surface area (Å²) in [7, 11) is 0. The zero-order chi connectivity index (χ0) is 8.55. The van der Waals surface area contributed by atoms with Gasteiger partial charge in [0.05, 0.1) is 0 Å². The number of hydrogen-bond donors (Lipinski definition) is 3. The van der Waals surface area contributed by atoms with Crippen LogP contribution in [0.2, 0.25) is 0 Å². The van der Waals surface area contributed by atoms with Crippen LogP contribution in [0.1, 0.15) is 5.56 Å². The molecule has 1 aromatic carbocycles. The van der Waals surface area contributed by atoms with Gasteiger partial charge in [0.1, 0.15) is 12.0 Å². The standard InChI is InChI=1S/C9H9NO2/c11-8-5-9(12)10-7-4-2-1-3-6(7)8/h1-5,9-12H. The lowest BCUT2D eigenvalue weighted by Gasteiger charge is -2.19. The van der Waals surface area contributed by atoms with Crippen LogP contribution >= 0.6 is 0 Å². The Bertz CT molecular complexity index is 333. The highest BCUT2D eigenvalue weighted by atomic mass is 16.3. The SMILES string of the molecule is OC1=CC(O)Nc2ccccc21. The third-order valence-corrected chi connectivity index (χ3v) is 1.82. The highest BCUT2D eigenvalue weighted by Gasteiger charge is 2.14. The summed E-state index contributed by atoms with van der Waals surface area (Å²) in [6, 6.07) is 7.28. The molecule has 3 heteroatoms. The summed E-state index contributed by atoms with van der Waals surface area (Å²) in [5.74, 6) is 0.122. The summed E-state index contributed by atoms with van der Waals surface area (Å²) in [5, 5.41) is 21.4. The molecule has 2 rings (SSSR count). The number of rotatable bonds is 0. The molecule has 12 heavy (non-hydrogen) atoms. The number of hydrogen-bond acceptors (Lipinski definition) is 3. The molecule has 0 aliphatic carbocycles. The van der Waals surface area contributed by atoms with E-state index in [1.807, 2.05) is 18.2 Å². The van der Waals surface area contributed by atoms with Gasteiger partial charge in [0, 0.05) is 17.3 Å². The van der Waals surface area contributed by atoms with E-state index in [1.54, 1.807) is 6.07 Å². The molecule has 0 saturated carbocycles. The summed E-state index contributed by atoms with van der Waals surface area (Å²) >= 11 is 0. The van der Waals surface area contributed by atoms with Crippen molar-refractivity contribution in [2.75, 3.05) is 5.32 Å². The lowest BCUT2D eigenvalue weighted by molar-refractivity contribution is 0.248. The van der Waals surface area contributed by atoms with Crippen molar-refractivity contribution in [1.82, 2.24) is 0 Å². The lowest BCUT2D eigenvalue weighted by atomic mass is 10.1. The van der Waals surface area contributed by atoms with E-state index in [0.29, 0.717) is 0 Å². The van der Waals surface area contributed by atoms with Gasteiger partial charge in [-0.05, 0) is 12.1 Å². The Hall–Kier alpha value is -1.48. The van der Waals surface area contributed by atoms with E-state index < -0.39 is 6.23 Å². The van der Waals surface area contributed by atoms with Gasteiger partial charge < -0.3 is 15.5 Å². The highest BCUT2D eigenvalue weighted by Crippen LogP contribution is 2.26. The van der Waals surface area contributed by atoms with E-state index in [0.717, 1.165) is 11.3 Å². The Balaban J connectivity index is 2.53. The molecule has 0 amide bonds. The predicted molar refractivity (Wildman–Crippen MR) is 46.7 cm³/mol. The smallest absolute Gasteiger partial charge is 0.147 e. The summed E-state index contributed by atoms with van der Waals surface area (Å²) in [5.41, 5.74) is 1.48. The fraction of sp³-hybridized carbons (Fsp3) is 0.111. The van der Waals surface area contributed by atoms with Crippen molar-refractivity contribution in [2.45, 2.75) is 6.23 Å². The van der Waals surface area contributed by atoms with Gasteiger partial charge >= 0.3 is 0 Å². The summed E-state index contributed by atoms with van der Waals surface area (Å²) in [6.07, 6.45) is 0.572. The first-order valence-corrected chi connectivity index (χ1v) is 3.72. The Morgan fingerprint density at radius 3 is 2.83 bits per heavy atom. The first-order chi connectivity index (χ1) is 5.77. The second-order valence-corrected chi connectivity index (χ2v) is 2.69. The van der Waals surface area contributed by atoms with Crippen LogP contribution in [0, 0.1) is 0 Å². The summed E-state index contributed by atoms with van der Waals surface area (Å²) in [6.45, 7) is 0. The second-order valence-electron chi connectivity index (χ2n) is 2.69. The predicted octanol–water partition coefficient (Wildman–Crippen LogP) is 1.33. The van der Waals surface area contributed by atoms with Gasteiger partial charge in [0.15, 0.2) is 0 Å². The quantitative estimate of drug-likeness (QED) is 0.540. The maximum Gasteiger partial charge on any atom is 0.147 e. The fourth-order valence-corrected chi connectivity index (χ4v) is 1.27. The van der Waals surface area contributed by atoms with Crippen molar-refractivity contribution in [3.8, 4) is 0 Å². The minimum atomic E-state index is -0.792. The van der Waals surface area contributed by atoms with Crippen LogP contribution in [0.4, 0.5) is 5.69 Å². The molecule has 1 aliphatic heterocycles. The molecule has 0 fully saturated rings. The monoisotopic (exact) mass is 163 g/mol. The van der Waals surface area contributed by atoms with E-state index in [-0.39, 0.29) is 5.76 Å². The van der Waals surface area contributed by atoms with Crippen molar-refractivity contribution in [1.29, 1.82) is 0 Å². The zero-order valence-electron chi connectivity index (χ0n) is 6.36. The summed E-state index contributed by atoms with van der Waals surface area (Å²) < 4.78 is 0. The minimum absolute atomic E-state index is 0.122. The number of fused-ring (bicyclic) bond motifs is 1. The molecular formula is C9H9NO2. The van der Waals surface area contributed by atoms with Gasteiger partial charge in [0.25, 0.3) is 0 Å². The van der Waals surface area contributed by atoms with Gasteiger partial charge in [-0.3, -0.25) is 0 Å². The van der Waals surface area contributed by atoms with Crippen molar-refractivity contribution in [2.24, 2.45) is 0 Å². The van der Waals surface area contributed by atoms with Crippen LogP contribution in [0.15, 0.2) is 30.3 Å². The molecule has 62 valence electrons. The Kier molecular flexibility index (Phi) is 1.52. The number of nitrogens with one attached hydrogen (secondary N) is 1. The zero-order valence-corrected chi connectivity index (χ0v) is 6.36. The van der Waals surface area contributed by atoms with Crippen molar-refractivity contribution in [3.05, 3.63) is 35.9 Å². The molecule has 1 unspecified atom stereocenters. The molecule has 0 saturated heterocycles. The number of benzene rings is 1. The molecule has 1 atom stereocenters. The van der Waals surface area contributed by atoms with Gasteiger partial charge in [-0.25, -0.2) is 0 Å². The second kappa shape index (κ2) is 2.53. The maximum atomic E-state index is 9.39. The Morgan fingerprint density at radius 2 is 2.00 bits per heavy atom. The number of anilines is 1. The van der Waals surface area contributed by atoms with Gasteiger partial charge in [0.2, 0.25) is 0 Å². The first kappa shape index (κ1) is 7.18. The van der Waals surface area contributed by atoms with Crippen LogP contribution in [0.5, 0.6) is 0 Å². The van der Waals surface area contributed by atoms with Crippen molar-refractivity contribution >= 4 is 11.4 Å². The van der Waals surface area contributed by atoms with Gasteiger partial charge in [-0.15, -0.1) is 0 Å². The van der Waals surface area contributed by atoms with Crippen LogP contribution in [0.3, 0.4) is 0 Å². The van der Waals surface area contributed by atoms with E-state index in [9.17, 15) is 10.2 Å². The first-order valence-electron chi connectivity index (χ1n) is 3.72. The molecule has 3 N–H and O–H groups in total. The molecule has 3 nitrogen and oxygen atoms in total. The topological polar surface area (TPSA) is 52.5 Å². The molecule has 1 heterocycles. The largest absolute Gasteiger partial charge is 0.507 e. The van der Waals surface area contributed by atoms with Crippen molar-refractivity contribution < 1.29 is 10.2 Å². The van der Waals surface area contributed by atoms with E-state index in [2.05, 4.69) is 5.32 Å². The Labute approximate surface area is 70.0 Å². The van der Waals surface area contributed by atoms with Crippen LogP contribution in [0.25, 0.3) is 5.76 Å². The molecule has 1 aliphatic rings. The van der Waals surface area contributed by atoms with E-state index >= 15 is 0 Å². The van der Waals surface area contributed by atoms with E-state index in [4.69, 9.17) is 0 Å². The normalized spacial score (nSPS) is 20.8. The average Bonchev–Trinajstić information content (AvgIpc) is 2.04. The molecule has 0 bridgehead atoms. The van der Waals surface area contributed by atoms with Crippen LogP contribution in [-0.2, 0) is 0 Å². The van der Waals surface area contributed by atoms with Gasteiger partial charge in [-0.2, -0.15) is 0 Å². The molecule has 0 radical (unpaired) electrons. The molecule has 0 aromatic heterocycles. The lowest BCUT2D eigenvalue weighted by Crippen LogP contribution is -2.20. The van der Waals surface area contributed by atoms with Crippen LogP contribution < -0.4 is 5.32 Å². The molecule has 1 aromatic rings. The van der Waals surface area contributed by atoms with Crippen molar-refractivity contribution in [3.63, 3.8) is 0 Å². The minimum Gasteiger partial charge on any atom is -0.507 e. The number of aliphatic hydroxyl groups excluding tert-OH is 2. The Morgan fingerprint density at radius 1 is 1.25 bits per heavy atom. The highest BCUT2D eigenvalue weighted by molar-refractivity contribution is 5.75. The molecule has 0 spiro atoms. The maximum absolute atomic E-state index is 9.39. The molecular weight excluding hydrogens is 154 g/mol. The fourth-order valence-electron chi connectivity index (χ4n) is 1.27. The van der Waals surface area contributed by atoms with Gasteiger partial charge in [-0.1, -0.05) is 12.1 Å². The third kappa shape index (κ3) is 1.04. The third-order valence-electron chi connectivity index (χ3n) is 1.82. The average molecular weight is 163 g/mol. The van der Waals surface area contributed by atoms with E-state index in [1.165, 1.54) is 6.08 Å².